The smallest absolute Gasteiger partial charge is 0.184 e. The van der Waals surface area contributed by atoms with Gasteiger partial charge in [0.15, 0.2) is 17.9 Å². The van der Waals surface area contributed by atoms with Gasteiger partial charge in [-0.1, -0.05) is 12.8 Å². The molecule has 7 heteroatoms. The Bertz CT molecular complexity index is 514. The molecule has 5 aliphatic rings. The molecule has 7 nitrogen and oxygen atoms in total. The molecule has 26 heavy (non-hydrogen) atoms. The predicted octanol–water partition coefficient (Wildman–Crippen LogP) is 1.58. The van der Waals surface area contributed by atoms with Crippen molar-refractivity contribution in [2.45, 2.75) is 113 Å². The molecule has 5 fully saturated rings. The molecule has 2 N–H and O–H groups in total. The fourth-order valence-corrected chi connectivity index (χ4v) is 5.37. The third-order valence-electron chi connectivity index (χ3n) is 6.75. The highest BCUT2D eigenvalue weighted by molar-refractivity contribution is 5.02. The maximum atomic E-state index is 10.4. The van der Waals surface area contributed by atoms with Crippen molar-refractivity contribution >= 4 is 0 Å². The summed E-state index contributed by atoms with van der Waals surface area (Å²) in [4.78, 5) is 0. The van der Waals surface area contributed by atoms with Gasteiger partial charge < -0.3 is 33.9 Å². The largest absolute Gasteiger partial charge is 0.385 e. The highest BCUT2D eigenvalue weighted by atomic mass is 16.8. The topological polar surface area (TPSA) is 86.6 Å². The molecule has 2 unspecified atom stereocenters. The number of hydrogen-bond acceptors (Lipinski definition) is 7. The van der Waals surface area contributed by atoms with Crippen LogP contribution in [0.5, 0.6) is 0 Å². The summed E-state index contributed by atoms with van der Waals surface area (Å²) < 4.78 is 30.7. The van der Waals surface area contributed by atoms with Gasteiger partial charge in [0.05, 0.1) is 6.61 Å². The fourth-order valence-electron chi connectivity index (χ4n) is 5.37. The SMILES string of the molecule is O[C@H]1[C@H](O)O[C@@H](C2COC3(CCCCC3)O2)C2OC3(CCCCC3)O[C@H]21. The molecule has 6 atom stereocenters. The normalized spacial score (nSPS) is 47.3. The van der Waals surface area contributed by atoms with Crippen molar-refractivity contribution in [1.82, 2.24) is 0 Å². The number of rotatable bonds is 1. The molecule has 3 saturated heterocycles. The summed E-state index contributed by atoms with van der Waals surface area (Å²) in [5.41, 5.74) is 0. The Morgan fingerprint density at radius 2 is 1.27 bits per heavy atom. The van der Waals surface area contributed by atoms with Crippen LogP contribution < -0.4 is 0 Å². The summed E-state index contributed by atoms with van der Waals surface area (Å²) >= 11 is 0. The second-order valence-electron chi connectivity index (χ2n) is 8.56. The van der Waals surface area contributed by atoms with Crippen molar-refractivity contribution in [3.8, 4) is 0 Å². The first-order chi connectivity index (χ1) is 12.6. The van der Waals surface area contributed by atoms with Gasteiger partial charge >= 0.3 is 0 Å². The van der Waals surface area contributed by atoms with Crippen LogP contribution in [0.25, 0.3) is 0 Å². The highest BCUT2D eigenvalue weighted by Gasteiger charge is 2.60. The third kappa shape index (κ3) is 2.92. The lowest BCUT2D eigenvalue weighted by Crippen LogP contribution is -2.60. The van der Waals surface area contributed by atoms with E-state index in [1.165, 1.54) is 12.8 Å². The van der Waals surface area contributed by atoms with Crippen molar-refractivity contribution in [3.63, 3.8) is 0 Å². The molecule has 0 aromatic heterocycles. The zero-order valence-electron chi connectivity index (χ0n) is 15.2. The van der Waals surface area contributed by atoms with Crippen LogP contribution in [0.1, 0.15) is 64.2 Å². The minimum absolute atomic E-state index is 0.315. The molecule has 0 aromatic rings. The van der Waals surface area contributed by atoms with Crippen LogP contribution in [0.15, 0.2) is 0 Å². The van der Waals surface area contributed by atoms with Crippen LogP contribution in [0.2, 0.25) is 0 Å². The Hall–Kier alpha value is -0.280. The maximum Gasteiger partial charge on any atom is 0.184 e. The van der Waals surface area contributed by atoms with E-state index < -0.39 is 42.3 Å². The summed E-state index contributed by atoms with van der Waals surface area (Å²) in [6.07, 6.45) is 5.90. The van der Waals surface area contributed by atoms with E-state index >= 15 is 0 Å². The average molecular weight is 370 g/mol. The van der Waals surface area contributed by atoms with Gasteiger partial charge in [-0.05, 0) is 25.7 Å². The van der Waals surface area contributed by atoms with E-state index in [1.807, 2.05) is 0 Å². The van der Waals surface area contributed by atoms with Crippen molar-refractivity contribution < 1.29 is 33.9 Å². The molecule has 2 aliphatic carbocycles. The molecule has 0 amide bonds. The monoisotopic (exact) mass is 370 g/mol. The van der Waals surface area contributed by atoms with Gasteiger partial charge in [-0.25, -0.2) is 0 Å². The van der Waals surface area contributed by atoms with Gasteiger partial charge in [-0.15, -0.1) is 0 Å². The van der Waals surface area contributed by atoms with E-state index in [0.717, 1.165) is 51.4 Å². The second kappa shape index (κ2) is 6.65. The molecule has 5 rings (SSSR count). The lowest BCUT2D eigenvalue weighted by Gasteiger charge is -2.40. The van der Waals surface area contributed by atoms with Gasteiger partial charge in [-0.2, -0.15) is 0 Å². The lowest BCUT2D eigenvalue weighted by atomic mass is 9.93. The van der Waals surface area contributed by atoms with E-state index in [2.05, 4.69) is 0 Å². The first-order valence-corrected chi connectivity index (χ1v) is 10.3. The number of ether oxygens (including phenoxy) is 5. The van der Waals surface area contributed by atoms with E-state index in [9.17, 15) is 10.2 Å². The Morgan fingerprint density at radius 3 is 1.96 bits per heavy atom. The summed E-state index contributed by atoms with van der Waals surface area (Å²) in [6, 6.07) is 0. The number of aliphatic hydroxyl groups is 2. The van der Waals surface area contributed by atoms with E-state index in [0.29, 0.717) is 6.61 Å². The van der Waals surface area contributed by atoms with Crippen LogP contribution in [-0.2, 0) is 23.7 Å². The van der Waals surface area contributed by atoms with Crippen LogP contribution in [-0.4, -0.2) is 65.2 Å². The van der Waals surface area contributed by atoms with Crippen molar-refractivity contribution in [3.05, 3.63) is 0 Å². The molecule has 0 radical (unpaired) electrons. The average Bonchev–Trinajstić information content (AvgIpc) is 3.22. The molecular weight excluding hydrogens is 340 g/mol. The Balaban J connectivity index is 1.35. The van der Waals surface area contributed by atoms with Gasteiger partial charge in [0, 0.05) is 25.7 Å². The van der Waals surface area contributed by atoms with Crippen LogP contribution in [0, 0.1) is 0 Å². The van der Waals surface area contributed by atoms with Crippen molar-refractivity contribution in [1.29, 1.82) is 0 Å². The Kier molecular flexibility index (Phi) is 4.55. The summed E-state index contributed by atoms with van der Waals surface area (Å²) in [5, 5.41) is 20.7. The summed E-state index contributed by atoms with van der Waals surface area (Å²) in [7, 11) is 0. The highest BCUT2D eigenvalue weighted by Crippen LogP contribution is 2.47. The first-order valence-electron chi connectivity index (χ1n) is 10.3. The number of fused-ring (bicyclic) bond motifs is 1. The number of aliphatic hydroxyl groups excluding tert-OH is 2. The first kappa shape index (κ1) is 17.8. The summed E-state index contributed by atoms with van der Waals surface area (Å²) in [5.74, 6) is -1.16. The van der Waals surface area contributed by atoms with E-state index in [1.54, 1.807) is 0 Å². The van der Waals surface area contributed by atoms with E-state index in [-0.39, 0.29) is 6.10 Å². The molecule has 2 saturated carbocycles. The molecule has 0 bridgehead atoms. The van der Waals surface area contributed by atoms with Crippen molar-refractivity contribution in [2.24, 2.45) is 0 Å². The Morgan fingerprint density at radius 1 is 0.654 bits per heavy atom. The quantitative estimate of drug-likeness (QED) is 0.725. The molecule has 148 valence electrons. The van der Waals surface area contributed by atoms with Gasteiger partial charge in [0.2, 0.25) is 0 Å². The Labute approximate surface area is 153 Å². The van der Waals surface area contributed by atoms with Crippen LogP contribution in [0.3, 0.4) is 0 Å². The summed E-state index contributed by atoms with van der Waals surface area (Å²) in [6.45, 7) is 0.424. The van der Waals surface area contributed by atoms with Gasteiger partial charge in [0.1, 0.15) is 30.5 Å². The zero-order chi connectivity index (χ0) is 17.8. The maximum absolute atomic E-state index is 10.4. The van der Waals surface area contributed by atoms with Gasteiger partial charge in [-0.3, -0.25) is 0 Å². The standard InChI is InChI=1S/C19H30O7/c20-13-15-16(26-19(25-15)9-5-2-6-10-19)14(23-17(13)21)12-11-22-18(24-12)7-3-1-4-8-18/h12-17,20-21H,1-11H2/t12?,13-,14+,15+,16?,17-/m1/s1. The zero-order valence-corrected chi connectivity index (χ0v) is 15.2. The second-order valence-corrected chi connectivity index (χ2v) is 8.56. The minimum atomic E-state index is -1.30. The molecular formula is C19H30O7. The van der Waals surface area contributed by atoms with Crippen LogP contribution in [0.4, 0.5) is 0 Å². The minimum Gasteiger partial charge on any atom is -0.385 e. The molecule has 0 aromatic carbocycles. The molecule has 3 heterocycles. The van der Waals surface area contributed by atoms with Gasteiger partial charge in [0.25, 0.3) is 0 Å². The number of hydrogen-bond donors (Lipinski definition) is 2. The van der Waals surface area contributed by atoms with E-state index in [4.69, 9.17) is 23.7 Å². The lowest BCUT2D eigenvalue weighted by molar-refractivity contribution is -0.284. The van der Waals surface area contributed by atoms with Crippen LogP contribution >= 0.6 is 0 Å². The molecule has 2 spiro atoms. The third-order valence-corrected chi connectivity index (χ3v) is 6.75. The predicted molar refractivity (Wildman–Crippen MR) is 89.1 cm³/mol. The fraction of sp³-hybridized carbons (Fsp3) is 1.00. The van der Waals surface area contributed by atoms with Crippen molar-refractivity contribution in [2.75, 3.05) is 6.61 Å². The molecule has 3 aliphatic heterocycles.